The van der Waals surface area contributed by atoms with Gasteiger partial charge in [0.25, 0.3) is 0 Å². The number of ether oxygens (including phenoxy) is 2. The molecule has 0 aliphatic carbocycles. The fourth-order valence-corrected chi connectivity index (χ4v) is 2.39. The molecule has 1 aromatic rings. The van der Waals surface area contributed by atoms with Crippen LogP contribution in [-0.4, -0.2) is 40.5 Å². The fourth-order valence-electron chi connectivity index (χ4n) is 1.98. The quantitative estimate of drug-likeness (QED) is 0.706. The largest absolute Gasteiger partial charge is 0.385 e. The third-order valence-electron chi connectivity index (χ3n) is 2.94. The number of anilines is 1. The van der Waals surface area contributed by atoms with Crippen LogP contribution < -0.4 is 10.6 Å². The second kappa shape index (κ2) is 9.31. The molecule has 2 N–H and O–H groups in total. The molecule has 19 heavy (non-hydrogen) atoms. The minimum Gasteiger partial charge on any atom is -0.385 e. The molecule has 108 valence electrons. The summed E-state index contributed by atoms with van der Waals surface area (Å²) in [6.07, 6.45) is 0.986. The number of nitrogens with two attached hydrogens (primary N) is 1. The number of nitrogens with zero attached hydrogens (tertiary/aromatic N) is 1. The number of methoxy groups -OCH3 is 2. The summed E-state index contributed by atoms with van der Waals surface area (Å²) in [6, 6.07) is 6.23. The maximum absolute atomic E-state index is 5.84. The van der Waals surface area contributed by atoms with Gasteiger partial charge in [0.05, 0.1) is 6.61 Å². The highest BCUT2D eigenvalue weighted by atomic mass is 79.9. The molecule has 0 unspecified atom stereocenters. The van der Waals surface area contributed by atoms with Crippen molar-refractivity contribution in [1.82, 2.24) is 0 Å². The summed E-state index contributed by atoms with van der Waals surface area (Å²) in [5.74, 6) is 0. The van der Waals surface area contributed by atoms with E-state index >= 15 is 0 Å². The second-order valence-corrected chi connectivity index (χ2v) is 5.22. The van der Waals surface area contributed by atoms with E-state index in [1.54, 1.807) is 14.2 Å². The van der Waals surface area contributed by atoms with Gasteiger partial charge in [0.15, 0.2) is 0 Å². The molecule has 0 saturated heterocycles. The molecule has 0 atom stereocenters. The van der Waals surface area contributed by atoms with Gasteiger partial charge < -0.3 is 20.1 Å². The average molecular weight is 331 g/mol. The SMILES string of the molecule is COCCCN(CCOC)c1ccc(Br)cc1CN. The van der Waals surface area contributed by atoms with Gasteiger partial charge in [-0.1, -0.05) is 15.9 Å². The lowest BCUT2D eigenvalue weighted by Gasteiger charge is -2.27. The van der Waals surface area contributed by atoms with Gasteiger partial charge in [0.1, 0.15) is 0 Å². The first kappa shape index (κ1) is 16.4. The number of halogens is 1. The van der Waals surface area contributed by atoms with E-state index in [1.807, 2.05) is 6.07 Å². The van der Waals surface area contributed by atoms with Crippen molar-refractivity contribution in [2.45, 2.75) is 13.0 Å². The van der Waals surface area contributed by atoms with Gasteiger partial charge in [-0.2, -0.15) is 0 Å². The molecule has 5 heteroatoms. The van der Waals surface area contributed by atoms with E-state index in [9.17, 15) is 0 Å². The molecule has 0 amide bonds. The summed E-state index contributed by atoms with van der Waals surface area (Å²) in [5, 5.41) is 0. The van der Waals surface area contributed by atoms with Gasteiger partial charge in [-0.05, 0) is 30.2 Å². The second-order valence-electron chi connectivity index (χ2n) is 4.30. The van der Waals surface area contributed by atoms with Gasteiger partial charge in [-0.15, -0.1) is 0 Å². The van der Waals surface area contributed by atoms with Crippen molar-refractivity contribution in [2.24, 2.45) is 5.73 Å². The summed E-state index contributed by atoms with van der Waals surface area (Å²) in [7, 11) is 3.45. The highest BCUT2D eigenvalue weighted by Gasteiger charge is 2.10. The number of hydrogen-bond acceptors (Lipinski definition) is 4. The molecule has 0 aliphatic heterocycles. The van der Waals surface area contributed by atoms with Gasteiger partial charge in [-0.25, -0.2) is 0 Å². The highest BCUT2D eigenvalue weighted by molar-refractivity contribution is 9.10. The minimum atomic E-state index is 0.530. The summed E-state index contributed by atoms with van der Waals surface area (Å²) in [4.78, 5) is 2.30. The highest BCUT2D eigenvalue weighted by Crippen LogP contribution is 2.24. The average Bonchev–Trinajstić information content (AvgIpc) is 2.43. The lowest BCUT2D eigenvalue weighted by molar-refractivity contribution is 0.191. The van der Waals surface area contributed by atoms with E-state index in [0.717, 1.165) is 36.2 Å². The molecule has 0 aliphatic rings. The Labute approximate surface area is 124 Å². The normalized spacial score (nSPS) is 10.7. The van der Waals surface area contributed by atoms with Crippen LogP contribution in [0.25, 0.3) is 0 Å². The van der Waals surface area contributed by atoms with E-state index in [0.29, 0.717) is 13.2 Å². The smallest absolute Gasteiger partial charge is 0.0637 e. The third kappa shape index (κ3) is 5.48. The van der Waals surface area contributed by atoms with Gasteiger partial charge in [0, 0.05) is 50.6 Å². The zero-order valence-electron chi connectivity index (χ0n) is 11.7. The lowest BCUT2D eigenvalue weighted by Crippen LogP contribution is -2.30. The van der Waals surface area contributed by atoms with Crippen LogP contribution in [0.2, 0.25) is 0 Å². The van der Waals surface area contributed by atoms with Crippen LogP contribution in [0.15, 0.2) is 22.7 Å². The molecular formula is C14H23BrN2O2. The molecule has 1 aromatic carbocycles. The Hall–Kier alpha value is -0.620. The van der Waals surface area contributed by atoms with E-state index < -0.39 is 0 Å². The first-order chi connectivity index (χ1) is 9.22. The maximum atomic E-state index is 5.84. The number of hydrogen-bond donors (Lipinski definition) is 1. The van der Waals surface area contributed by atoms with E-state index in [2.05, 4.69) is 33.0 Å². The Balaban J connectivity index is 2.82. The van der Waals surface area contributed by atoms with Crippen LogP contribution in [0, 0.1) is 0 Å². The first-order valence-corrected chi connectivity index (χ1v) is 7.23. The van der Waals surface area contributed by atoms with E-state index in [-0.39, 0.29) is 0 Å². The molecule has 0 radical (unpaired) electrons. The summed E-state index contributed by atoms with van der Waals surface area (Å²) in [6.45, 7) is 3.79. The van der Waals surface area contributed by atoms with Crippen LogP contribution in [0.3, 0.4) is 0 Å². The molecule has 0 aromatic heterocycles. The molecule has 0 fully saturated rings. The Morgan fingerprint density at radius 3 is 2.53 bits per heavy atom. The van der Waals surface area contributed by atoms with Crippen molar-refractivity contribution >= 4 is 21.6 Å². The zero-order chi connectivity index (χ0) is 14.1. The topological polar surface area (TPSA) is 47.7 Å². The molecule has 4 nitrogen and oxygen atoms in total. The van der Waals surface area contributed by atoms with E-state index in [1.165, 1.54) is 5.69 Å². The van der Waals surface area contributed by atoms with Crippen molar-refractivity contribution in [2.75, 3.05) is 45.4 Å². The lowest BCUT2D eigenvalue weighted by atomic mass is 10.1. The Bertz CT molecular complexity index is 374. The summed E-state index contributed by atoms with van der Waals surface area (Å²) in [5.41, 5.74) is 8.16. The van der Waals surface area contributed by atoms with Crippen molar-refractivity contribution in [3.8, 4) is 0 Å². The van der Waals surface area contributed by atoms with Gasteiger partial charge in [0.2, 0.25) is 0 Å². The summed E-state index contributed by atoms with van der Waals surface area (Å²) < 4.78 is 11.4. The predicted octanol–water partition coefficient (Wildman–Crippen LogP) is 2.40. The molecule has 0 heterocycles. The van der Waals surface area contributed by atoms with Gasteiger partial charge >= 0.3 is 0 Å². The molecule has 0 bridgehead atoms. The van der Waals surface area contributed by atoms with Crippen LogP contribution in [0.1, 0.15) is 12.0 Å². The zero-order valence-corrected chi connectivity index (χ0v) is 13.3. The molecule has 1 rings (SSSR count). The molecule has 0 saturated carbocycles. The van der Waals surface area contributed by atoms with Crippen molar-refractivity contribution < 1.29 is 9.47 Å². The Morgan fingerprint density at radius 2 is 1.89 bits per heavy atom. The summed E-state index contributed by atoms with van der Waals surface area (Å²) >= 11 is 3.48. The minimum absolute atomic E-state index is 0.530. The van der Waals surface area contributed by atoms with Crippen LogP contribution in [0.5, 0.6) is 0 Å². The molecular weight excluding hydrogens is 308 g/mol. The third-order valence-corrected chi connectivity index (χ3v) is 3.44. The van der Waals surface area contributed by atoms with E-state index in [4.69, 9.17) is 15.2 Å². The maximum Gasteiger partial charge on any atom is 0.0637 e. The van der Waals surface area contributed by atoms with Crippen LogP contribution in [0.4, 0.5) is 5.69 Å². The predicted molar refractivity (Wildman–Crippen MR) is 82.6 cm³/mol. The monoisotopic (exact) mass is 330 g/mol. The molecule has 0 spiro atoms. The fraction of sp³-hybridized carbons (Fsp3) is 0.571. The number of rotatable bonds is 9. The Kier molecular flexibility index (Phi) is 8.05. The van der Waals surface area contributed by atoms with Crippen molar-refractivity contribution in [3.63, 3.8) is 0 Å². The standard InChI is InChI=1S/C14H23BrN2O2/c1-18-8-3-6-17(7-9-19-2)14-5-4-13(15)10-12(14)11-16/h4-5,10H,3,6-9,11,16H2,1-2H3. The van der Waals surface area contributed by atoms with Crippen molar-refractivity contribution in [3.05, 3.63) is 28.2 Å². The number of benzene rings is 1. The first-order valence-electron chi connectivity index (χ1n) is 6.44. The van der Waals surface area contributed by atoms with Crippen LogP contribution in [-0.2, 0) is 16.0 Å². The van der Waals surface area contributed by atoms with Crippen LogP contribution >= 0.6 is 15.9 Å². The van der Waals surface area contributed by atoms with Crippen molar-refractivity contribution in [1.29, 1.82) is 0 Å². The van der Waals surface area contributed by atoms with Gasteiger partial charge in [-0.3, -0.25) is 0 Å². The Morgan fingerprint density at radius 1 is 1.16 bits per heavy atom.